The number of hydrogen-bond donors (Lipinski definition) is 1. The van der Waals surface area contributed by atoms with Crippen LogP contribution in [-0.4, -0.2) is 25.0 Å². The van der Waals surface area contributed by atoms with Gasteiger partial charge in [0.15, 0.2) is 0 Å². The topological polar surface area (TPSA) is 102 Å². The molecule has 0 radical (unpaired) electrons. The van der Waals surface area contributed by atoms with E-state index in [0.29, 0.717) is 0 Å². The second-order valence-electron chi connectivity index (χ2n) is 2.70. The fourth-order valence-corrected chi connectivity index (χ4v) is 1.78. The smallest absolute Gasteiger partial charge is 0.284 e. The van der Waals surface area contributed by atoms with Gasteiger partial charge < -0.3 is 5.73 Å². The summed E-state index contributed by atoms with van der Waals surface area (Å²) in [7, 11) is -3.88. The van der Waals surface area contributed by atoms with Crippen LogP contribution in [0.15, 0.2) is 33.8 Å². The summed E-state index contributed by atoms with van der Waals surface area (Å²) in [6.45, 7) is 1.23. The maximum atomic E-state index is 11.5. The van der Waals surface area contributed by atoms with Crippen LogP contribution in [0.3, 0.4) is 0 Å². The molecule has 0 spiro atoms. The third-order valence-electron chi connectivity index (χ3n) is 1.55. The standard InChI is InChI=1S/C8H9N3O3S/c1-6(8(9)12)11-15(13,14)7-3-2-4-10-5-7/h2-5H,1H3,(H2,9,12). The van der Waals surface area contributed by atoms with Gasteiger partial charge in [0.2, 0.25) is 0 Å². The molecule has 0 aliphatic carbocycles. The normalized spacial score (nSPS) is 12.5. The summed E-state index contributed by atoms with van der Waals surface area (Å²) in [6, 6.07) is 2.79. The molecule has 0 aliphatic heterocycles. The number of sulfonamides is 1. The van der Waals surface area contributed by atoms with Crippen LogP contribution >= 0.6 is 0 Å². The molecule has 0 unspecified atom stereocenters. The van der Waals surface area contributed by atoms with Gasteiger partial charge in [0.05, 0.1) is 0 Å². The van der Waals surface area contributed by atoms with Crippen LogP contribution in [0, 0.1) is 0 Å². The number of rotatable bonds is 3. The van der Waals surface area contributed by atoms with Gasteiger partial charge in [0.25, 0.3) is 15.9 Å². The Kier molecular flexibility index (Phi) is 3.15. The van der Waals surface area contributed by atoms with Gasteiger partial charge in [-0.15, -0.1) is 0 Å². The molecule has 80 valence electrons. The highest BCUT2D eigenvalue weighted by molar-refractivity contribution is 7.90. The largest absolute Gasteiger partial charge is 0.365 e. The van der Waals surface area contributed by atoms with Gasteiger partial charge in [-0.25, -0.2) is 0 Å². The van der Waals surface area contributed by atoms with Crippen molar-refractivity contribution in [2.45, 2.75) is 11.8 Å². The second-order valence-corrected chi connectivity index (χ2v) is 4.31. The van der Waals surface area contributed by atoms with Crippen LogP contribution in [0.5, 0.6) is 0 Å². The lowest BCUT2D eigenvalue weighted by Crippen LogP contribution is -2.21. The minimum atomic E-state index is -3.88. The third-order valence-corrected chi connectivity index (χ3v) is 2.90. The first-order chi connectivity index (χ1) is 6.93. The highest BCUT2D eigenvalue weighted by atomic mass is 32.2. The van der Waals surface area contributed by atoms with Gasteiger partial charge in [0, 0.05) is 12.4 Å². The summed E-state index contributed by atoms with van der Waals surface area (Å²) >= 11 is 0. The Labute approximate surface area is 86.9 Å². The highest BCUT2D eigenvalue weighted by Crippen LogP contribution is 2.09. The lowest BCUT2D eigenvalue weighted by molar-refractivity contribution is -0.112. The molecule has 6 nitrogen and oxygen atoms in total. The minimum absolute atomic E-state index is 0.0781. The summed E-state index contributed by atoms with van der Waals surface area (Å²) in [4.78, 5) is 14.2. The quantitative estimate of drug-likeness (QED) is 0.717. The van der Waals surface area contributed by atoms with E-state index >= 15 is 0 Å². The molecule has 2 N–H and O–H groups in total. The molecule has 7 heteroatoms. The van der Waals surface area contributed by atoms with E-state index in [1.54, 1.807) is 0 Å². The fraction of sp³-hybridized carbons (Fsp3) is 0.125. The summed E-state index contributed by atoms with van der Waals surface area (Å²) in [5, 5.41) is 0. The van der Waals surface area contributed by atoms with Crippen LogP contribution in [0.1, 0.15) is 6.92 Å². The van der Waals surface area contributed by atoms with Crippen LogP contribution in [-0.2, 0) is 14.8 Å². The summed E-state index contributed by atoms with van der Waals surface area (Å²) in [5.41, 5.74) is 4.61. The predicted molar refractivity (Wildman–Crippen MR) is 53.7 cm³/mol. The summed E-state index contributed by atoms with van der Waals surface area (Å²) < 4.78 is 26.3. The van der Waals surface area contributed by atoms with Crippen molar-refractivity contribution in [3.63, 3.8) is 0 Å². The molecule has 0 aliphatic rings. The lowest BCUT2D eigenvalue weighted by atomic mass is 10.4. The number of nitrogens with zero attached hydrogens (tertiary/aromatic N) is 2. The van der Waals surface area contributed by atoms with E-state index in [2.05, 4.69) is 9.38 Å². The first-order valence-corrected chi connectivity index (χ1v) is 5.39. The van der Waals surface area contributed by atoms with E-state index in [-0.39, 0.29) is 10.6 Å². The van der Waals surface area contributed by atoms with Gasteiger partial charge in [-0.1, -0.05) is 0 Å². The molecule has 1 amide bonds. The van der Waals surface area contributed by atoms with E-state index < -0.39 is 15.9 Å². The molecule has 15 heavy (non-hydrogen) atoms. The number of nitrogens with two attached hydrogens (primary N) is 1. The molecule has 0 atom stereocenters. The Hall–Kier alpha value is -1.76. The maximum absolute atomic E-state index is 11.5. The van der Waals surface area contributed by atoms with Crippen LogP contribution < -0.4 is 5.73 Å². The molecule has 1 aromatic rings. The zero-order chi connectivity index (χ0) is 11.5. The van der Waals surface area contributed by atoms with E-state index in [1.807, 2.05) is 0 Å². The molecular weight excluding hydrogens is 218 g/mol. The average Bonchev–Trinajstić information content (AvgIpc) is 2.18. The Morgan fingerprint density at radius 3 is 2.67 bits per heavy atom. The molecule has 0 aromatic carbocycles. The van der Waals surface area contributed by atoms with Crippen LogP contribution in [0.2, 0.25) is 0 Å². The van der Waals surface area contributed by atoms with Crippen molar-refractivity contribution in [3.8, 4) is 0 Å². The van der Waals surface area contributed by atoms with Crippen molar-refractivity contribution in [2.75, 3.05) is 0 Å². The molecular formula is C8H9N3O3S. The number of amides is 1. The van der Waals surface area contributed by atoms with Crippen molar-refractivity contribution in [2.24, 2.45) is 10.1 Å². The van der Waals surface area contributed by atoms with E-state index in [9.17, 15) is 13.2 Å². The lowest BCUT2D eigenvalue weighted by Gasteiger charge is -1.98. The van der Waals surface area contributed by atoms with Gasteiger partial charge in [-0.2, -0.15) is 12.8 Å². The van der Waals surface area contributed by atoms with Gasteiger partial charge in [-0.05, 0) is 19.1 Å². The second kappa shape index (κ2) is 4.18. The van der Waals surface area contributed by atoms with Gasteiger partial charge in [0.1, 0.15) is 10.6 Å². The van der Waals surface area contributed by atoms with E-state index in [4.69, 9.17) is 5.73 Å². The van der Waals surface area contributed by atoms with Gasteiger partial charge in [-0.3, -0.25) is 9.78 Å². The first kappa shape index (κ1) is 11.3. The van der Waals surface area contributed by atoms with Crippen LogP contribution in [0.25, 0.3) is 0 Å². The third kappa shape index (κ3) is 2.84. The van der Waals surface area contributed by atoms with E-state index in [0.717, 1.165) is 6.20 Å². The molecule has 1 aromatic heterocycles. The summed E-state index contributed by atoms with van der Waals surface area (Å²) in [5.74, 6) is -0.873. The SMILES string of the molecule is CC(=NS(=O)(=O)c1cccnc1)C(N)=O. The Morgan fingerprint density at radius 2 is 2.20 bits per heavy atom. The number of hydrogen-bond acceptors (Lipinski definition) is 4. The van der Waals surface area contributed by atoms with Crippen molar-refractivity contribution in [1.29, 1.82) is 0 Å². The van der Waals surface area contributed by atoms with Gasteiger partial charge >= 0.3 is 0 Å². The molecule has 0 fully saturated rings. The van der Waals surface area contributed by atoms with Crippen molar-refractivity contribution < 1.29 is 13.2 Å². The Bertz CT molecular complexity index is 493. The monoisotopic (exact) mass is 227 g/mol. The van der Waals surface area contributed by atoms with E-state index in [1.165, 1.54) is 25.3 Å². The Morgan fingerprint density at radius 1 is 1.53 bits per heavy atom. The maximum Gasteiger partial charge on any atom is 0.284 e. The Balaban J connectivity index is 3.17. The van der Waals surface area contributed by atoms with Crippen molar-refractivity contribution in [3.05, 3.63) is 24.5 Å². The number of pyridine rings is 1. The number of primary amides is 1. The van der Waals surface area contributed by atoms with Crippen molar-refractivity contribution in [1.82, 2.24) is 4.98 Å². The molecule has 1 heterocycles. The first-order valence-electron chi connectivity index (χ1n) is 3.95. The summed E-state index contributed by atoms with van der Waals surface area (Å²) in [6.07, 6.45) is 2.58. The molecule has 1 rings (SSSR count). The molecule has 0 saturated heterocycles. The average molecular weight is 227 g/mol. The predicted octanol–water partition coefficient (Wildman–Crippen LogP) is -0.283. The van der Waals surface area contributed by atoms with Crippen LogP contribution in [0.4, 0.5) is 0 Å². The zero-order valence-electron chi connectivity index (χ0n) is 7.91. The molecule has 0 bridgehead atoms. The zero-order valence-corrected chi connectivity index (χ0v) is 8.73. The van der Waals surface area contributed by atoms with Crippen molar-refractivity contribution >= 4 is 21.6 Å². The number of carbonyl (C=O) groups is 1. The minimum Gasteiger partial charge on any atom is -0.365 e. The molecule has 0 saturated carbocycles. The number of carbonyl (C=O) groups excluding carboxylic acids is 1. The fourth-order valence-electron chi connectivity index (χ4n) is 0.778. The highest BCUT2D eigenvalue weighted by Gasteiger charge is 2.14. The number of aromatic nitrogens is 1.